The average Bonchev–Trinajstić information content (AvgIpc) is 3.27. The van der Waals surface area contributed by atoms with Gasteiger partial charge in [-0.25, -0.2) is 0 Å². The molecule has 0 bridgehead atoms. The molecule has 0 aliphatic carbocycles. The Kier molecular flexibility index (Phi) is 5.62. The molecule has 152 valence electrons. The molecule has 1 aromatic heterocycles. The highest BCUT2D eigenvalue weighted by Crippen LogP contribution is 2.32. The predicted molar refractivity (Wildman–Crippen MR) is 112 cm³/mol. The number of likely N-dealkylation sites (tertiary alicyclic amines) is 2. The fourth-order valence-corrected chi connectivity index (χ4v) is 4.81. The number of amides is 2. The molecule has 2 aliphatic rings. The maximum absolute atomic E-state index is 13.1. The summed E-state index contributed by atoms with van der Waals surface area (Å²) in [6.45, 7) is 6.54. The number of pyridine rings is 1. The number of carbonyl (C=O) groups excluding carboxylic acids is 2. The van der Waals surface area contributed by atoms with E-state index in [-0.39, 0.29) is 5.91 Å². The van der Waals surface area contributed by atoms with Crippen molar-refractivity contribution in [2.24, 2.45) is 17.6 Å². The van der Waals surface area contributed by atoms with Crippen molar-refractivity contribution in [3.63, 3.8) is 0 Å². The SMILES string of the molecule is Cc1cccc(C(N)=O)c1C(=O)N1CC2CN(CCCc3cccnc3)C[C@H]2C1. The van der Waals surface area contributed by atoms with Gasteiger partial charge in [0.15, 0.2) is 0 Å². The largest absolute Gasteiger partial charge is 0.366 e. The molecule has 0 radical (unpaired) electrons. The lowest BCUT2D eigenvalue weighted by Gasteiger charge is -2.23. The Morgan fingerprint density at radius 1 is 1.10 bits per heavy atom. The smallest absolute Gasteiger partial charge is 0.254 e. The van der Waals surface area contributed by atoms with E-state index in [1.54, 1.807) is 12.1 Å². The van der Waals surface area contributed by atoms with E-state index in [2.05, 4.69) is 16.0 Å². The molecule has 2 fully saturated rings. The second kappa shape index (κ2) is 8.33. The van der Waals surface area contributed by atoms with Crippen LogP contribution in [0.25, 0.3) is 0 Å². The molecule has 2 saturated heterocycles. The van der Waals surface area contributed by atoms with Gasteiger partial charge in [0.2, 0.25) is 5.91 Å². The molecule has 0 spiro atoms. The van der Waals surface area contributed by atoms with Crippen LogP contribution in [-0.4, -0.2) is 59.3 Å². The summed E-state index contributed by atoms with van der Waals surface area (Å²) in [5, 5.41) is 0. The Hall–Kier alpha value is -2.73. The van der Waals surface area contributed by atoms with E-state index in [0.717, 1.165) is 51.1 Å². The van der Waals surface area contributed by atoms with Crippen LogP contribution in [-0.2, 0) is 6.42 Å². The minimum atomic E-state index is -0.545. The number of hydrogen-bond donors (Lipinski definition) is 1. The summed E-state index contributed by atoms with van der Waals surface area (Å²) in [5.74, 6) is 0.419. The lowest BCUT2D eigenvalue weighted by molar-refractivity contribution is 0.0768. The topological polar surface area (TPSA) is 79.5 Å². The molecule has 6 nitrogen and oxygen atoms in total. The van der Waals surface area contributed by atoms with E-state index in [9.17, 15) is 9.59 Å². The van der Waals surface area contributed by atoms with Crippen LogP contribution < -0.4 is 5.73 Å². The summed E-state index contributed by atoms with van der Waals surface area (Å²) in [7, 11) is 0. The highest BCUT2D eigenvalue weighted by Gasteiger charge is 2.42. The average molecular weight is 393 g/mol. The summed E-state index contributed by atoms with van der Waals surface area (Å²) in [5.41, 5.74) is 8.38. The second-order valence-electron chi connectivity index (χ2n) is 8.32. The van der Waals surface area contributed by atoms with Gasteiger partial charge in [-0.15, -0.1) is 0 Å². The number of rotatable bonds is 6. The third-order valence-corrected chi connectivity index (χ3v) is 6.26. The number of nitrogens with zero attached hydrogens (tertiary/aromatic N) is 3. The van der Waals surface area contributed by atoms with E-state index >= 15 is 0 Å². The number of hydrogen-bond acceptors (Lipinski definition) is 4. The monoisotopic (exact) mass is 392 g/mol. The van der Waals surface area contributed by atoms with E-state index in [0.29, 0.717) is 23.0 Å². The number of benzene rings is 1. The zero-order valence-electron chi connectivity index (χ0n) is 16.9. The first-order valence-corrected chi connectivity index (χ1v) is 10.3. The zero-order valence-corrected chi connectivity index (χ0v) is 16.9. The predicted octanol–water partition coefficient (Wildman–Crippen LogP) is 2.13. The summed E-state index contributed by atoms with van der Waals surface area (Å²) in [6, 6.07) is 9.39. The summed E-state index contributed by atoms with van der Waals surface area (Å²) >= 11 is 0. The van der Waals surface area contributed by atoms with Crippen molar-refractivity contribution in [2.45, 2.75) is 19.8 Å². The molecule has 29 heavy (non-hydrogen) atoms. The summed E-state index contributed by atoms with van der Waals surface area (Å²) < 4.78 is 0. The fourth-order valence-electron chi connectivity index (χ4n) is 4.81. The van der Waals surface area contributed by atoms with Crippen LogP contribution >= 0.6 is 0 Å². The van der Waals surface area contributed by atoms with Gasteiger partial charge >= 0.3 is 0 Å². The Labute approximate surface area is 171 Å². The Morgan fingerprint density at radius 3 is 2.52 bits per heavy atom. The quantitative estimate of drug-likeness (QED) is 0.817. The van der Waals surface area contributed by atoms with Gasteiger partial charge in [-0.3, -0.25) is 14.6 Å². The number of aromatic nitrogens is 1. The van der Waals surface area contributed by atoms with Crippen molar-refractivity contribution < 1.29 is 9.59 Å². The van der Waals surface area contributed by atoms with Crippen molar-refractivity contribution >= 4 is 11.8 Å². The summed E-state index contributed by atoms with van der Waals surface area (Å²) in [4.78, 5) is 33.5. The Balaban J connectivity index is 1.32. The van der Waals surface area contributed by atoms with Crippen LogP contribution in [0.15, 0.2) is 42.7 Å². The number of nitrogens with two attached hydrogens (primary N) is 1. The minimum absolute atomic E-state index is 0.0607. The first-order chi connectivity index (χ1) is 14.0. The van der Waals surface area contributed by atoms with Gasteiger partial charge in [-0.2, -0.15) is 0 Å². The number of primary amides is 1. The standard InChI is InChI=1S/C23H28N4O2/c1-16-5-2-8-20(22(24)28)21(16)23(29)27-14-18-12-26(13-19(18)15-27)10-4-7-17-6-3-9-25-11-17/h2-3,5-6,8-9,11,18-19H,4,7,10,12-15H2,1H3,(H2,24,28)/t18-,19?/m0/s1. The van der Waals surface area contributed by atoms with Gasteiger partial charge in [0.25, 0.3) is 5.91 Å². The maximum atomic E-state index is 13.1. The number of carbonyl (C=O) groups is 2. The maximum Gasteiger partial charge on any atom is 0.254 e. The molecule has 3 heterocycles. The molecule has 2 N–H and O–H groups in total. The molecule has 2 amide bonds. The first-order valence-electron chi connectivity index (χ1n) is 10.3. The Morgan fingerprint density at radius 2 is 1.86 bits per heavy atom. The molecular weight excluding hydrogens is 364 g/mol. The third-order valence-electron chi connectivity index (χ3n) is 6.26. The number of aryl methyl sites for hydroxylation is 2. The lowest BCUT2D eigenvalue weighted by Crippen LogP contribution is -2.35. The molecular formula is C23H28N4O2. The number of fused-ring (bicyclic) bond motifs is 1. The van der Waals surface area contributed by atoms with Crippen LogP contribution in [0.2, 0.25) is 0 Å². The second-order valence-corrected chi connectivity index (χ2v) is 8.32. The zero-order chi connectivity index (χ0) is 20.4. The normalized spacial score (nSPS) is 21.3. The van der Waals surface area contributed by atoms with Gasteiger partial charge < -0.3 is 15.5 Å². The van der Waals surface area contributed by atoms with E-state index in [1.165, 1.54) is 5.56 Å². The van der Waals surface area contributed by atoms with Crippen molar-refractivity contribution in [2.75, 3.05) is 32.7 Å². The molecule has 0 saturated carbocycles. The molecule has 2 aromatic rings. The van der Waals surface area contributed by atoms with Crippen LogP contribution in [0, 0.1) is 18.8 Å². The Bertz CT molecular complexity index is 885. The molecule has 2 aliphatic heterocycles. The van der Waals surface area contributed by atoms with Crippen LogP contribution in [0.1, 0.15) is 38.3 Å². The van der Waals surface area contributed by atoms with Crippen molar-refractivity contribution in [3.8, 4) is 0 Å². The molecule has 6 heteroatoms. The van der Waals surface area contributed by atoms with Crippen LogP contribution in [0.3, 0.4) is 0 Å². The van der Waals surface area contributed by atoms with Gasteiger partial charge in [0.1, 0.15) is 0 Å². The molecule has 1 aromatic carbocycles. The van der Waals surface area contributed by atoms with E-state index in [4.69, 9.17) is 5.73 Å². The third kappa shape index (κ3) is 4.17. The van der Waals surface area contributed by atoms with Crippen molar-refractivity contribution in [1.29, 1.82) is 0 Å². The van der Waals surface area contributed by atoms with Gasteiger partial charge in [0, 0.05) is 38.6 Å². The van der Waals surface area contributed by atoms with Gasteiger partial charge in [-0.1, -0.05) is 18.2 Å². The van der Waals surface area contributed by atoms with Gasteiger partial charge in [-0.05, 0) is 61.4 Å². The van der Waals surface area contributed by atoms with Crippen LogP contribution in [0.5, 0.6) is 0 Å². The highest BCUT2D eigenvalue weighted by molar-refractivity contribution is 6.07. The highest BCUT2D eigenvalue weighted by atomic mass is 16.2. The van der Waals surface area contributed by atoms with Crippen LogP contribution in [0.4, 0.5) is 0 Å². The van der Waals surface area contributed by atoms with Crippen molar-refractivity contribution in [1.82, 2.24) is 14.8 Å². The molecule has 4 rings (SSSR count). The van der Waals surface area contributed by atoms with Gasteiger partial charge in [0.05, 0.1) is 11.1 Å². The van der Waals surface area contributed by atoms with E-state index in [1.807, 2.05) is 36.4 Å². The van der Waals surface area contributed by atoms with Crippen molar-refractivity contribution in [3.05, 3.63) is 65.0 Å². The molecule has 2 atom stereocenters. The fraction of sp³-hybridized carbons (Fsp3) is 0.435. The molecule has 1 unspecified atom stereocenters. The first kappa shape index (κ1) is 19.6. The minimum Gasteiger partial charge on any atom is -0.366 e. The lowest BCUT2D eigenvalue weighted by atomic mass is 10.00. The summed E-state index contributed by atoms with van der Waals surface area (Å²) in [6.07, 6.45) is 5.92. The van der Waals surface area contributed by atoms with E-state index < -0.39 is 5.91 Å².